The predicted molar refractivity (Wildman–Crippen MR) is 31.4 cm³/mol. The zero-order valence-corrected chi connectivity index (χ0v) is 5.77. The van der Waals surface area contributed by atoms with Gasteiger partial charge in [-0.1, -0.05) is 0 Å². The van der Waals surface area contributed by atoms with Crippen LogP contribution in [0.25, 0.3) is 0 Å². The molecule has 0 fully saturated rings. The topological polar surface area (TPSA) is 9.23 Å². The van der Waals surface area contributed by atoms with Gasteiger partial charge >= 0.3 is 6.18 Å². The third kappa shape index (κ3) is 7.33. The Morgan fingerprint density at radius 3 is 2.10 bits per heavy atom. The second-order valence-corrected chi connectivity index (χ2v) is 2.03. The second-order valence-electron chi connectivity index (χ2n) is 2.03. The van der Waals surface area contributed by atoms with E-state index in [4.69, 9.17) is 0 Å². The Morgan fingerprint density at radius 1 is 1.30 bits per heavy atom. The van der Waals surface area contributed by atoms with Crippen molar-refractivity contribution < 1.29 is 17.9 Å². The molecular weight excluding hydrogens is 145 g/mol. The largest absolute Gasteiger partial charge is 0.499 e. The van der Waals surface area contributed by atoms with Crippen molar-refractivity contribution >= 4 is 0 Å². The lowest BCUT2D eigenvalue weighted by molar-refractivity contribution is -0.0819. The van der Waals surface area contributed by atoms with E-state index >= 15 is 0 Å². The summed E-state index contributed by atoms with van der Waals surface area (Å²) in [5.74, 6) is 0. The zero-order chi connectivity index (χ0) is 8.20. The fraction of sp³-hybridized carbons (Fsp3) is 0.667. The number of allylic oxidation sites excluding steroid dienone is 1. The molecule has 0 heterocycles. The van der Waals surface area contributed by atoms with Crippen molar-refractivity contribution in [2.45, 2.75) is 26.1 Å². The molecule has 0 saturated carbocycles. The Morgan fingerprint density at radius 2 is 1.80 bits per heavy atom. The summed E-state index contributed by atoms with van der Waals surface area (Å²) in [7, 11) is 0. The molecule has 0 spiro atoms. The lowest BCUT2D eigenvalue weighted by Gasteiger charge is -2.03. The first-order valence-corrected chi connectivity index (χ1v) is 2.82. The minimum absolute atomic E-state index is 0.0625. The Balaban J connectivity index is 3.57. The van der Waals surface area contributed by atoms with Gasteiger partial charge in [0, 0.05) is 0 Å². The van der Waals surface area contributed by atoms with E-state index in [1.165, 1.54) is 0 Å². The van der Waals surface area contributed by atoms with Gasteiger partial charge in [-0.15, -0.1) is 0 Å². The molecule has 0 N–H and O–H groups in total. The van der Waals surface area contributed by atoms with Crippen molar-refractivity contribution in [3.63, 3.8) is 0 Å². The molecule has 0 bridgehead atoms. The summed E-state index contributed by atoms with van der Waals surface area (Å²) in [6.45, 7) is 3.31. The minimum atomic E-state index is -4.27. The highest BCUT2D eigenvalue weighted by Crippen LogP contribution is 2.15. The number of ether oxygens (including phenoxy) is 1. The van der Waals surface area contributed by atoms with Gasteiger partial charge in [-0.2, -0.15) is 13.2 Å². The summed E-state index contributed by atoms with van der Waals surface area (Å²) in [6, 6.07) is 0. The van der Waals surface area contributed by atoms with Crippen LogP contribution in [0.2, 0.25) is 0 Å². The average molecular weight is 154 g/mol. The first-order chi connectivity index (χ1) is 4.42. The van der Waals surface area contributed by atoms with Gasteiger partial charge in [0.15, 0.2) is 0 Å². The van der Waals surface area contributed by atoms with Crippen LogP contribution in [0.3, 0.4) is 0 Å². The van der Waals surface area contributed by atoms with Crippen molar-refractivity contribution in [2.24, 2.45) is 0 Å². The highest BCUT2D eigenvalue weighted by atomic mass is 19.4. The van der Waals surface area contributed by atoms with Gasteiger partial charge in [0.2, 0.25) is 0 Å². The standard InChI is InChI=1S/C6H9F3O/c1-5(2)10-4-3-6(7,8)9/h3-5H,1-2H3/b4-3+. The monoisotopic (exact) mass is 154 g/mol. The number of halogens is 3. The number of hydrogen-bond acceptors (Lipinski definition) is 1. The molecule has 0 atom stereocenters. The van der Waals surface area contributed by atoms with E-state index in [0.717, 1.165) is 0 Å². The van der Waals surface area contributed by atoms with Gasteiger partial charge in [-0.05, 0) is 13.8 Å². The van der Waals surface area contributed by atoms with Crippen LogP contribution in [0.4, 0.5) is 13.2 Å². The summed E-state index contributed by atoms with van der Waals surface area (Å²) in [6.07, 6.45) is -3.76. The summed E-state index contributed by atoms with van der Waals surface area (Å²) >= 11 is 0. The lowest BCUT2D eigenvalue weighted by atomic mass is 10.5. The molecule has 0 aliphatic rings. The smallest absolute Gasteiger partial charge is 0.412 e. The number of rotatable bonds is 2. The fourth-order valence-electron chi connectivity index (χ4n) is 0.274. The van der Waals surface area contributed by atoms with E-state index < -0.39 is 6.18 Å². The summed E-state index contributed by atoms with van der Waals surface area (Å²) < 4.78 is 38.5. The SMILES string of the molecule is CC(C)O/C=C/C(F)(F)F. The van der Waals surface area contributed by atoms with Crippen LogP contribution in [0, 0.1) is 0 Å². The molecule has 0 unspecified atom stereocenters. The lowest BCUT2D eigenvalue weighted by Crippen LogP contribution is -2.02. The van der Waals surface area contributed by atoms with Crippen LogP contribution in [-0.4, -0.2) is 12.3 Å². The van der Waals surface area contributed by atoms with Crippen LogP contribution in [-0.2, 0) is 4.74 Å². The Hall–Kier alpha value is -0.670. The first kappa shape index (κ1) is 9.33. The second kappa shape index (κ2) is 3.49. The van der Waals surface area contributed by atoms with Gasteiger partial charge < -0.3 is 4.74 Å². The molecule has 0 aliphatic carbocycles. The van der Waals surface area contributed by atoms with E-state index in [1.54, 1.807) is 13.8 Å². The van der Waals surface area contributed by atoms with Crippen molar-refractivity contribution in [3.05, 3.63) is 12.3 Å². The summed E-state index contributed by atoms with van der Waals surface area (Å²) in [5.41, 5.74) is 0. The summed E-state index contributed by atoms with van der Waals surface area (Å²) in [4.78, 5) is 0. The molecule has 1 nitrogen and oxygen atoms in total. The molecule has 4 heteroatoms. The highest BCUT2D eigenvalue weighted by molar-refractivity contribution is 4.82. The zero-order valence-electron chi connectivity index (χ0n) is 5.77. The van der Waals surface area contributed by atoms with Crippen LogP contribution < -0.4 is 0 Å². The Labute approximate surface area is 57.5 Å². The normalized spacial score (nSPS) is 13.0. The summed E-state index contributed by atoms with van der Waals surface area (Å²) in [5, 5.41) is 0. The fourth-order valence-corrected chi connectivity index (χ4v) is 0.274. The Bertz CT molecular complexity index is 115. The maximum Gasteiger partial charge on any atom is 0.412 e. The van der Waals surface area contributed by atoms with Crippen molar-refractivity contribution in [1.29, 1.82) is 0 Å². The molecule has 0 aromatic rings. The first-order valence-electron chi connectivity index (χ1n) is 2.82. The molecule has 0 aliphatic heterocycles. The maximum atomic E-state index is 11.3. The van der Waals surface area contributed by atoms with E-state index in [0.29, 0.717) is 6.26 Å². The molecule has 0 aromatic heterocycles. The van der Waals surface area contributed by atoms with Gasteiger partial charge in [-0.3, -0.25) is 0 Å². The number of alkyl halides is 3. The molecule has 0 aromatic carbocycles. The average Bonchev–Trinajstić information content (AvgIpc) is 1.59. The molecule has 10 heavy (non-hydrogen) atoms. The van der Waals surface area contributed by atoms with Crippen molar-refractivity contribution in [2.75, 3.05) is 0 Å². The predicted octanol–water partition coefficient (Wildman–Crippen LogP) is 2.49. The molecule has 0 saturated heterocycles. The maximum absolute atomic E-state index is 11.3. The third-order valence-corrected chi connectivity index (χ3v) is 0.608. The number of hydrogen-bond donors (Lipinski definition) is 0. The van der Waals surface area contributed by atoms with E-state index in [9.17, 15) is 13.2 Å². The Kier molecular flexibility index (Phi) is 3.25. The quantitative estimate of drug-likeness (QED) is 0.555. The van der Waals surface area contributed by atoms with Crippen LogP contribution in [0.5, 0.6) is 0 Å². The van der Waals surface area contributed by atoms with E-state index in [-0.39, 0.29) is 12.2 Å². The van der Waals surface area contributed by atoms with Gasteiger partial charge in [0.25, 0.3) is 0 Å². The van der Waals surface area contributed by atoms with Crippen LogP contribution in [0.1, 0.15) is 13.8 Å². The van der Waals surface area contributed by atoms with Gasteiger partial charge in [0.1, 0.15) is 0 Å². The molecule has 0 amide bonds. The van der Waals surface area contributed by atoms with Crippen LogP contribution in [0.15, 0.2) is 12.3 Å². The highest BCUT2D eigenvalue weighted by Gasteiger charge is 2.22. The van der Waals surface area contributed by atoms with Gasteiger partial charge in [0.05, 0.1) is 18.4 Å². The van der Waals surface area contributed by atoms with Crippen LogP contribution >= 0.6 is 0 Å². The molecule has 0 radical (unpaired) electrons. The molecular formula is C6H9F3O. The minimum Gasteiger partial charge on any atom is -0.499 e. The molecule has 60 valence electrons. The van der Waals surface area contributed by atoms with Crippen molar-refractivity contribution in [3.8, 4) is 0 Å². The van der Waals surface area contributed by atoms with Crippen molar-refractivity contribution in [1.82, 2.24) is 0 Å². The van der Waals surface area contributed by atoms with Gasteiger partial charge in [-0.25, -0.2) is 0 Å². The van der Waals surface area contributed by atoms with E-state index in [2.05, 4.69) is 4.74 Å². The third-order valence-electron chi connectivity index (χ3n) is 0.608. The molecule has 0 rings (SSSR count). The van der Waals surface area contributed by atoms with E-state index in [1.807, 2.05) is 0 Å².